The summed E-state index contributed by atoms with van der Waals surface area (Å²) in [5, 5.41) is 7.29. The average Bonchev–Trinajstić information content (AvgIpc) is 2.31. The van der Waals surface area contributed by atoms with E-state index in [0.717, 1.165) is 11.1 Å². The summed E-state index contributed by atoms with van der Waals surface area (Å²) in [6.07, 6.45) is 0.678. The number of benzene rings is 1. The summed E-state index contributed by atoms with van der Waals surface area (Å²) in [5.41, 5.74) is 7.31. The van der Waals surface area contributed by atoms with Gasteiger partial charge in [0.1, 0.15) is 5.84 Å². The molecule has 106 valence electrons. The van der Waals surface area contributed by atoms with Crippen LogP contribution >= 0.6 is 0 Å². The van der Waals surface area contributed by atoms with Gasteiger partial charge in [-0.2, -0.15) is 4.31 Å². The van der Waals surface area contributed by atoms with Gasteiger partial charge >= 0.3 is 0 Å². The van der Waals surface area contributed by atoms with Crippen LogP contribution in [0, 0.1) is 19.3 Å². The van der Waals surface area contributed by atoms with Crippen molar-refractivity contribution in [1.29, 1.82) is 5.41 Å². The van der Waals surface area contributed by atoms with Gasteiger partial charge in [-0.25, -0.2) is 8.42 Å². The maximum absolute atomic E-state index is 12.5. The van der Waals surface area contributed by atoms with Crippen LogP contribution in [-0.4, -0.2) is 31.6 Å². The van der Waals surface area contributed by atoms with Crippen molar-refractivity contribution in [3.63, 3.8) is 0 Å². The summed E-state index contributed by atoms with van der Waals surface area (Å²) in [4.78, 5) is 0.255. The molecule has 5 nitrogen and oxygen atoms in total. The van der Waals surface area contributed by atoms with Gasteiger partial charge in [0.15, 0.2) is 0 Å². The molecule has 0 amide bonds. The van der Waals surface area contributed by atoms with E-state index in [0.29, 0.717) is 13.0 Å². The van der Waals surface area contributed by atoms with Crippen LogP contribution in [0.1, 0.15) is 24.5 Å². The van der Waals surface area contributed by atoms with Gasteiger partial charge in [-0.05, 0) is 43.5 Å². The predicted molar refractivity (Wildman–Crippen MR) is 76.9 cm³/mol. The highest BCUT2D eigenvalue weighted by Gasteiger charge is 2.24. The number of amidine groups is 1. The largest absolute Gasteiger partial charge is 0.387 e. The van der Waals surface area contributed by atoms with E-state index in [9.17, 15) is 8.42 Å². The normalized spacial score (nSPS) is 11.8. The van der Waals surface area contributed by atoms with Crippen LogP contribution in [0.2, 0.25) is 0 Å². The van der Waals surface area contributed by atoms with Gasteiger partial charge < -0.3 is 5.73 Å². The highest BCUT2D eigenvalue weighted by molar-refractivity contribution is 7.89. The van der Waals surface area contributed by atoms with E-state index in [1.807, 2.05) is 20.8 Å². The summed E-state index contributed by atoms with van der Waals surface area (Å²) in [7, 11) is -3.59. The molecule has 0 saturated heterocycles. The molecule has 0 saturated carbocycles. The fourth-order valence-electron chi connectivity index (χ4n) is 1.75. The fourth-order valence-corrected chi connectivity index (χ4v) is 3.34. The van der Waals surface area contributed by atoms with Crippen molar-refractivity contribution in [3.8, 4) is 0 Å². The van der Waals surface area contributed by atoms with E-state index in [4.69, 9.17) is 11.1 Å². The number of sulfonamides is 1. The lowest BCUT2D eigenvalue weighted by Gasteiger charge is -2.21. The summed E-state index contributed by atoms with van der Waals surface area (Å²) < 4.78 is 26.2. The minimum absolute atomic E-state index is 0.0664. The Morgan fingerprint density at radius 1 is 1.32 bits per heavy atom. The van der Waals surface area contributed by atoms with Crippen LogP contribution in [0.5, 0.6) is 0 Å². The monoisotopic (exact) mass is 283 g/mol. The highest BCUT2D eigenvalue weighted by atomic mass is 32.2. The average molecular weight is 283 g/mol. The van der Waals surface area contributed by atoms with Crippen LogP contribution in [0.25, 0.3) is 0 Å². The van der Waals surface area contributed by atoms with Crippen molar-refractivity contribution >= 4 is 15.9 Å². The summed E-state index contributed by atoms with van der Waals surface area (Å²) in [6.45, 7) is 6.00. The van der Waals surface area contributed by atoms with Gasteiger partial charge in [0.05, 0.1) is 11.4 Å². The molecule has 0 aliphatic heterocycles. The van der Waals surface area contributed by atoms with Gasteiger partial charge in [-0.15, -0.1) is 0 Å². The molecule has 0 spiro atoms. The van der Waals surface area contributed by atoms with Crippen LogP contribution in [0.4, 0.5) is 0 Å². The molecule has 0 aromatic heterocycles. The molecule has 1 rings (SSSR count). The van der Waals surface area contributed by atoms with Crippen molar-refractivity contribution < 1.29 is 8.42 Å². The first kappa shape index (κ1) is 15.7. The topological polar surface area (TPSA) is 87.2 Å². The van der Waals surface area contributed by atoms with Crippen molar-refractivity contribution in [1.82, 2.24) is 4.31 Å². The van der Waals surface area contributed by atoms with Gasteiger partial charge in [0.25, 0.3) is 0 Å². The standard InChI is InChI=1S/C13H21N3O2S/c1-4-7-16(9-13(14)15)19(17,18)12-6-5-10(2)11(3)8-12/h5-6,8H,4,7,9H2,1-3H3,(H3,14,15). The van der Waals surface area contributed by atoms with E-state index in [1.54, 1.807) is 18.2 Å². The van der Waals surface area contributed by atoms with Crippen molar-refractivity contribution in [3.05, 3.63) is 29.3 Å². The van der Waals surface area contributed by atoms with Gasteiger partial charge in [-0.3, -0.25) is 5.41 Å². The molecule has 1 aromatic rings. The van der Waals surface area contributed by atoms with E-state index < -0.39 is 10.0 Å². The number of rotatable bonds is 6. The number of nitrogens with two attached hydrogens (primary N) is 1. The maximum atomic E-state index is 12.5. The first-order valence-electron chi connectivity index (χ1n) is 6.19. The van der Waals surface area contributed by atoms with Gasteiger partial charge in [0, 0.05) is 6.54 Å². The Morgan fingerprint density at radius 3 is 2.42 bits per heavy atom. The zero-order valence-corrected chi connectivity index (χ0v) is 12.4. The lowest BCUT2D eigenvalue weighted by molar-refractivity contribution is 0.447. The molecule has 0 atom stereocenters. The fraction of sp³-hybridized carbons (Fsp3) is 0.462. The lowest BCUT2D eigenvalue weighted by Crippen LogP contribution is -2.38. The lowest BCUT2D eigenvalue weighted by atomic mass is 10.1. The summed E-state index contributed by atoms with van der Waals surface area (Å²) in [5.74, 6) is -0.152. The Kier molecular flexibility index (Phi) is 5.08. The third kappa shape index (κ3) is 3.78. The molecular weight excluding hydrogens is 262 g/mol. The molecule has 0 aliphatic carbocycles. The summed E-state index contributed by atoms with van der Waals surface area (Å²) >= 11 is 0. The molecule has 6 heteroatoms. The number of nitrogens with zero attached hydrogens (tertiary/aromatic N) is 1. The summed E-state index contributed by atoms with van der Waals surface area (Å²) in [6, 6.07) is 5.05. The zero-order valence-electron chi connectivity index (χ0n) is 11.6. The molecule has 0 unspecified atom stereocenters. The van der Waals surface area contributed by atoms with E-state index in [2.05, 4.69) is 0 Å². The third-order valence-corrected chi connectivity index (χ3v) is 4.78. The number of hydrogen-bond acceptors (Lipinski definition) is 3. The van der Waals surface area contributed by atoms with Crippen LogP contribution < -0.4 is 5.73 Å². The van der Waals surface area contributed by atoms with E-state index >= 15 is 0 Å². The number of aryl methyl sites for hydroxylation is 2. The smallest absolute Gasteiger partial charge is 0.243 e. The van der Waals surface area contributed by atoms with Gasteiger partial charge in [0.2, 0.25) is 10.0 Å². The second kappa shape index (κ2) is 6.16. The highest BCUT2D eigenvalue weighted by Crippen LogP contribution is 2.19. The zero-order chi connectivity index (χ0) is 14.6. The molecule has 0 fully saturated rings. The van der Waals surface area contributed by atoms with Crippen LogP contribution in [-0.2, 0) is 10.0 Å². The Balaban J connectivity index is 3.18. The minimum atomic E-state index is -3.59. The maximum Gasteiger partial charge on any atom is 0.243 e. The first-order valence-corrected chi connectivity index (χ1v) is 7.63. The predicted octanol–water partition coefficient (Wildman–Crippen LogP) is 1.64. The number of hydrogen-bond donors (Lipinski definition) is 2. The Hall–Kier alpha value is -1.40. The second-order valence-corrected chi connectivity index (χ2v) is 6.55. The Morgan fingerprint density at radius 2 is 1.95 bits per heavy atom. The SMILES string of the molecule is CCCN(CC(=N)N)S(=O)(=O)c1ccc(C)c(C)c1. The molecule has 0 radical (unpaired) electrons. The molecular formula is C13H21N3O2S. The molecule has 0 heterocycles. The van der Waals surface area contributed by atoms with E-state index in [-0.39, 0.29) is 17.3 Å². The molecule has 3 N–H and O–H groups in total. The third-order valence-electron chi connectivity index (χ3n) is 2.94. The molecule has 0 bridgehead atoms. The molecule has 1 aromatic carbocycles. The Bertz CT molecular complexity index is 567. The van der Waals surface area contributed by atoms with Crippen molar-refractivity contribution in [2.45, 2.75) is 32.1 Å². The molecule has 19 heavy (non-hydrogen) atoms. The number of nitrogens with one attached hydrogen (secondary N) is 1. The Labute approximate surface area is 115 Å². The van der Waals surface area contributed by atoms with Crippen molar-refractivity contribution in [2.75, 3.05) is 13.1 Å². The van der Waals surface area contributed by atoms with Gasteiger partial charge in [-0.1, -0.05) is 13.0 Å². The minimum Gasteiger partial charge on any atom is -0.387 e. The molecule has 0 aliphatic rings. The van der Waals surface area contributed by atoms with E-state index in [1.165, 1.54) is 4.31 Å². The van der Waals surface area contributed by atoms with Crippen LogP contribution in [0.3, 0.4) is 0 Å². The van der Waals surface area contributed by atoms with Crippen molar-refractivity contribution in [2.24, 2.45) is 5.73 Å². The quantitative estimate of drug-likeness (QED) is 0.614. The first-order chi connectivity index (χ1) is 8.78. The van der Waals surface area contributed by atoms with Crippen LogP contribution in [0.15, 0.2) is 23.1 Å². The second-order valence-electron chi connectivity index (χ2n) is 4.61.